The fraction of sp³-hybridized carbons (Fsp3) is 0.368. The van der Waals surface area contributed by atoms with Crippen molar-refractivity contribution >= 4 is 41.0 Å². The summed E-state index contributed by atoms with van der Waals surface area (Å²) in [6.07, 6.45) is 1.43. The van der Waals surface area contributed by atoms with E-state index in [2.05, 4.69) is 10.6 Å². The van der Waals surface area contributed by atoms with Crippen LogP contribution in [-0.2, 0) is 14.4 Å². The Balaban J connectivity index is 2.09. The molecule has 7 nitrogen and oxygen atoms in total. The molecule has 0 aliphatic carbocycles. The number of anilines is 1. The molecule has 144 valence electrons. The summed E-state index contributed by atoms with van der Waals surface area (Å²) in [7, 11) is 1.52. The van der Waals surface area contributed by atoms with Gasteiger partial charge in [-0.05, 0) is 18.2 Å². The van der Waals surface area contributed by atoms with Gasteiger partial charge in [0.15, 0.2) is 5.78 Å². The van der Waals surface area contributed by atoms with Gasteiger partial charge in [0, 0.05) is 29.8 Å². The number of benzene rings is 1. The van der Waals surface area contributed by atoms with E-state index in [1.165, 1.54) is 29.8 Å². The van der Waals surface area contributed by atoms with E-state index in [0.717, 1.165) is 0 Å². The number of nitrogens with one attached hydrogen (secondary N) is 2. The Hall–Kier alpha value is -2.61. The normalized spacial score (nSPS) is 15.8. The monoisotopic (exact) mass is 389 g/mol. The van der Waals surface area contributed by atoms with E-state index in [0.29, 0.717) is 16.3 Å². The Morgan fingerprint density at radius 2 is 1.96 bits per heavy atom. The SMILES string of the molecule is CNC(=O)c1cccc(NC(=O)CN2C(=O)CS/C2=C\C(=O)C(C)(C)C)c1. The van der Waals surface area contributed by atoms with Crippen LogP contribution in [0.15, 0.2) is 35.4 Å². The fourth-order valence-corrected chi connectivity index (χ4v) is 3.20. The number of hydrogen-bond acceptors (Lipinski definition) is 5. The quantitative estimate of drug-likeness (QED) is 0.751. The molecule has 0 aromatic heterocycles. The molecule has 8 heteroatoms. The van der Waals surface area contributed by atoms with Crippen molar-refractivity contribution in [2.24, 2.45) is 5.41 Å². The van der Waals surface area contributed by atoms with Crippen LogP contribution in [0, 0.1) is 5.41 Å². The number of rotatable bonds is 5. The highest BCUT2D eigenvalue weighted by Crippen LogP contribution is 2.30. The molecule has 1 fully saturated rings. The molecular weight excluding hydrogens is 366 g/mol. The van der Waals surface area contributed by atoms with Crippen molar-refractivity contribution in [3.63, 3.8) is 0 Å². The highest BCUT2D eigenvalue weighted by molar-refractivity contribution is 8.04. The van der Waals surface area contributed by atoms with Gasteiger partial charge in [0.25, 0.3) is 5.91 Å². The van der Waals surface area contributed by atoms with Crippen molar-refractivity contribution in [1.82, 2.24) is 10.2 Å². The van der Waals surface area contributed by atoms with Crippen molar-refractivity contribution in [3.8, 4) is 0 Å². The Bertz CT molecular complexity index is 811. The Morgan fingerprint density at radius 3 is 2.59 bits per heavy atom. The van der Waals surface area contributed by atoms with Gasteiger partial charge in [-0.15, -0.1) is 0 Å². The molecule has 0 unspecified atom stereocenters. The molecule has 27 heavy (non-hydrogen) atoms. The maximum absolute atomic E-state index is 12.4. The van der Waals surface area contributed by atoms with Crippen LogP contribution >= 0.6 is 11.8 Å². The van der Waals surface area contributed by atoms with Gasteiger partial charge in [0.1, 0.15) is 6.54 Å². The summed E-state index contributed by atoms with van der Waals surface area (Å²) in [5.41, 5.74) is 0.309. The summed E-state index contributed by atoms with van der Waals surface area (Å²) in [4.78, 5) is 49.7. The number of carbonyl (C=O) groups excluding carboxylic acids is 4. The third-order valence-electron chi connectivity index (χ3n) is 3.84. The molecule has 0 saturated carbocycles. The lowest BCUT2D eigenvalue weighted by molar-refractivity contribution is -0.129. The average Bonchev–Trinajstić information content (AvgIpc) is 2.93. The minimum atomic E-state index is -0.562. The van der Waals surface area contributed by atoms with Crippen molar-refractivity contribution in [2.75, 3.05) is 24.7 Å². The van der Waals surface area contributed by atoms with Gasteiger partial charge in [0.2, 0.25) is 11.8 Å². The highest BCUT2D eigenvalue weighted by atomic mass is 32.2. The zero-order valence-electron chi connectivity index (χ0n) is 15.8. The van der Waals surface area contributed by atoms with E-state index in [9.17, 15) is 19.2 Å². The first-order chi connectivity index (χ1) is 12.6. The van der Waals surface area contributed by atoms with E-state index in [-0.39, 0.29) is 29.9 Å². The smallest absolute Gasteiger partial charge is 0.251 e. The molecule has 0 atom stereocenters. The third-order valence-corrected chi connectivity index (χ3v) is 4.87. The van der Waals surface area contributed by atoms with Crippen LogP contribution in [0.3, 0.4) is 0 Å². The molecule has 1 aliphatic rings. The van der Waals surface area contributed by atoms with Crippen LogP contribution in [0.5, 0.6) is 0 Å². The number of allylic oxidation sites excluding steroid dienone is 1. The molecule has 3 amide bonds. The first kappa shape index (κ1) is 20.7. The minimum absolute atomic E-state index is 0.108. The molecule has 2 rings (SSSR count). The fourth-order valence-electron chi connectivity index (χ4n) is 2.26. The van der Waals surface area contributed by atoms with E-state index < -0.39 is 11.3 Å². The molecular formula is C19H23N3O4S. The van der Waals surface area contributed by atoms with Gasteiger partial charge in [-0.2, -0.15) is 0 Å². The molecule has 1 heterocycles. The van der Waals surface area contributed by atoms with Gasteiger partial charge < -0.3 is 10.6 Å². The molecule has 0 radical (unpaired) electrons. The molecule has 1 aromatic carbocycles. The molecule has 0 bridgehead atoms. The van der Waals surface area contributed by atoms with Crippen molar-refractivity contribution in [1.29, 1.82) is 0 Å². The second-order valence-electron chi connectivity index (χ2n) is 7.07. The minimum Gasteiger partial charge on any atom is -0.355 e. The zero-order valence-corrected chi connectivity index (χ0v) is 16.6. The van der Waals surface area contributed by atoms with Crippen LogP contribution < -0.4 is 10.6 Å². The molecule has 0 spiro atoms. The number of thioether (sulfide) groups is 1. The maximum Gasteiger partial charge on any atom is 0.251 e. The van der Waals surface area contributed by atoms with Gasteiger partial charge in [-0.3, -0.25) is 24.1 Å². The van der Waals surface area contributed by atoms with Crippen LogP contribution in [0.1, 0.15) is 31.1 Å². The summed E-state index contributed by atoms with van der Waals surface area (Å²) >= 11 is 1.24. The maximum atomic E-state index is 12.4. The second-order valence-corrected chi connectivity index (χ2v) is 8.07. The van der Waals surface area contributed by atoms with Crippen LogP contribution in [-0.4, -0.2) is 47.7 Å². The Morgan fingerprint density at radius 1 is 1.26 bits per heavy atom. The molecule has 1 saturated heterocycles. The lowest BCUT2D eigenvalue weighted by atomic mass is 9.91. The van der Waals surface area contributed by atoms with Crippen molar-refractivity contribution < 1.29 is 19.2 Å². The van der Waals surface area contributed by atoms with E-state index >= 15 is 0 Å². The predicted molar refractivity (Wildman–Crippen MR) is 105 cm³/mol. The lowest BCUT2D eigenvalue weighted by Crippen LogP contribution is -2.34. The number of ketones is 1. The van der Waals surface area contributed by atoms with Crippen LogP contribution in [0.2, 0.25) is 0 Å². The summed E-state index contributed by atoms with van der Waals surface area (Å²) < 4.78 is 0. The van der Waals surface area contributed by atoms with Crippen molar-refractivity contribution in [2.45, 2.75) is 20.8 Å². The largest absolute Gasteiger partial charge is 0.355 e. The van der Waals surface area contributed by atoms with Gasteiger partial charge in [-0.1, -0.05) is 38.6 Å². The van der Waals surface area contributed by atoms with Gasteiger partial charge in [-0.25, -0.2) is 0 Å². The standard InChI is InChI=1S/C19H23N3O4S/c1-19(2,3)14(23)9-17-22(16(25)11-27-17)10-15(24)21-13-7-5-6-12(8-13)18(26)20-4/h5-9H,10-11H2,1-4H3,(H,20,26)(H,21,24)/b17-9-. The molecule has 1 aliphatic heterocycles. The third kappa shape index (κ3) is 5.43. The summed E-state index contributed by atoms with van der Waals surface area (Å²) in [6, 6.07) is 6.50. The summed E-state index contributed by atoms with van der Waals surface area (Å²) in [5, 5.41) is 5.68. The Labute approximate surface area is 162 Å². The number of nitrogens with zero attached hydrogens (tertiary/aromatic N) is 1. The van der Waals surface area contributed by atoms with Crippen LogP contribution in [0.25, 0.3) is 0 Å². The molecule has 2 N–H and O–H groups in total. The van der Waals surface area contributed by atoms with Gasteiger partial charge in [0.05, 0.1) is 10.8 Å². The predicted octanol–water partition coefficient (Wildman–Crippen LogP) is 2.02. The zero-order chi connectivity index (χ0) is 20.2. The molecule has 1 aromatic rings. The topological polar surface area (TPSA) is 95.6 Å². The van der Waals surface area contributed by atoms with E-state index in [1.807, 2.05) is 0 Å². The van der Waals surface area contributed by atoms with Crippen molar-refractivity contribution in [3.05, 3.63) is 40.9 Å². The number of amides is 3. The van der Waals surface area contributed by atoms with Crippen LogP contribution in [0.4, 0.5) is 5.69 Å². The summed E-state index contributed by atoms with van der Waals surface area (Å²) in [5.74, 6) is -0.800. The number of hydrogen-bond donors (Lipinski definition) is 2. The average molecular weight is 389 g/mol. The summed E-state index contributed by atoms with van der Waals surface area (Å²) in [6.45, 7) is 5.19. The van der Waals surface area contributed by atoms with E-state index in [1.54, 1.807) is 45.0 Å². The van der Waals surface area contributed by atoms with E-state index in [4.69, 9.17) is 0 Å². The van der Waals surface area contributed by atoms with Gasteiger partial charge >= 0.3 is 0 Å². The first-order valence-electron chi connectivity index (χ1n) is 8.43. The second kappa shape index (κ2) is 8.39. The Kier molecular flexibility index (Phi) is 6.43. The highest BCUT2D eigenvalue weighted by Gasteiger charge is 2.30. The number of carbonyl (C=O) groups is 4. The first-order valence-corrected chi connectivity index (χ1v) is 9.41. The lowest BCUT2D eigenvalue weighted by Gasteiger charge is -2.19.